The molecule has 5 heteroatoms. The predicted octanol–water partition coefficient (Wildman–Crippen LogP) is 18.2. The third-order valence-corrected chi connectivity index (χ3v) is 13.7. The summed E-state index contributed by atoms with van der Waals surface area (Å²) in [5.41, 5.74) is 0. The maximum atomic E-state index is 12.6. The number of carbonyl (C=O) groups excluding carboxylic acids is 1. The van der Waals surface area contributed by atoms with E-state index in [0.29, 0.717) is 6.42 Å². The lowest BCUT2D eigenvalue weighted by molar-refractivity contribution is -0.131. The van der Waals surface area contributed by atoms with Crippen LogP contribution >= 0.6 is 0 Å². The Bertz CT molecular complexity index is 1010. The fourth-order valence-corrected chi connectivity index (χ4v) is 9.14. The van der Waals surface area contributed by atoms with E-state index in [0.717, 1.165) is 38.5 Å². The Kier molecular flexibility index (Phi) is 54.0. The highest BCUT2D eigenvalue weighted by Crippen LogP contribution is 2.17. The summed E-state index contributed by atoms with van der Waals surface area (Å²) in [6.45, 7) is 4.21. The van der Waals surface area contributed by atoms with Gasteiger partial charge in [0.15, 0.2) is 0 Å². The van der Waals surface area contributed by atoms with Gasteiger partial charge < -0.3 is 20.6 Å². The Morgan fingerprint density at radius 3 is 0.938 bits per heavy atom. The van der Waals surface area contributed by atoms with Crippen LogP contribution in [0, 0.1) is 0 Å². The van der Waals surface area contributed by atoms with Crippen LogP contribution in [0.4, 0.5) is 0 Å². The van der Waals surface area contributed by atoms with E-state index in [1.54, 1.807) is 6.08 Å². The number of amides is 1. The third kappa shape index (κ3) is 50.3. The van der Waals surface area contributed by atoms with Crippen LogP contribution in [0.1, 0.15) is 316 Å². The highest BCUT2D eigenvalue weighted by Gasteiger charge is 2.22. The molecular weight excluding hydrogens is 799 g/mol. The molecule has 0 aliphatic heterocycles. The van der Waals surface area contributed by atoms with Gasteiger partial charge in [-0.05, 0) is 57.8 Å². The summed E-state index contributed by atoms with van der Waals surface area (Å²) in [5.74, 6) is -0.509. The summed E-state index contributed by atoms with van der Waals surface area (Å²) in [6, 6.07) is -0.815. The molecule has 0 spiro atoms. The molecule has 3 unspecified atom stereocenters. The monoisotopic (exact) mass is 914 g/mol. The summed E-state index contributed by atoms with van der Waals surface area (Å²) in [4.78, 5) is 12.6. The van der Waals surface area contributed by atoms with Crippen LogP contribution in [0.2, 0.25) is 0 Å². The molecule has 5 nitrogen and oxygen atoms in total. The second-order valence-corrected chi connectivity index (χ2v) is 20.2. The molecule has 0 aromatic heterocycles. The molecule has 384 valence electrons. The summed E-state index contributed by atoms with van der Waals surface area (Å²) in [5, 5.41) is 33.4. The average Bonchev–Trinajstić information content (AvgIpc) is 3.31. The first-order chi connectivity index (χ1) is 32.1. The fourth-order valence-electron chi connectivity index (χ4n) is 9.14. The van der Waals surface area contributed by atoms with Gasteiger partial charge in [-0.3, -0.25) is 4.79 Å². The van der Waals surface area contributed by atoms with Crippen molar-refractivity contribution in [2.75, 3.05) is 6.61 Å². The number of nitrogens with one attached hydrogen (secondary N) is 1. The van der Waals surface area contributed by atoms with Crippen LogP contribution in [0.5, 0.6) is 0 Å². The topological polar surface area (TPSA) is 89.8 Å². The van der Waals surface area contributed by atoms with Crippen molar-refractivity contribution in [3.8, 4) is 0 Å². The van der Waals surface area contributed by atoms with Crippen LogP contribution in [0.3, 0.4) is 0 Å². The summed E-state index contributed by atoms with van der Waals surface area (Å²) >= 11 is 0. The normalized spacial score (nSPS) is 13.5. The molecule has 0 aliphatic rings. The van der Waals surface area contributed by atoms with E-state index in [1.165, 1.54) is 257 Å². The van der Waals surface area contributed by atoms with Crippen LogP contribution in [0.25, 0.3) is 0 Å². The van der Waals surface area contributed by atoms with Crippen LogP contribution < -0.4 is 5.32 Å². The van der Waals surface area contributed by atoms with Gasteiger partial charge in [-0.25, -0.2) is 0 Å². The first kappa shape index (κ1) is 63.6. The van der Waals surface area contributed by atoms with E-state index in [4.69, 9.17) is 0 Å². The fraction of sp³-hybridized carbons (Fsp3) is 0.883. The molecule has 0 fully saturated rings. The maximum Gasteiger partial charge on any atom is 0.249 e. The number of aliphatic hydroxyl groups excluding tert-OH is 3. The molecule has 4 N–H and O–H groups in total. The zero-order chi connectivity index (χ0) is 47.2. The molecule has 0 radical (unpaired) electrons. The lowest BCUT2D eigenvalue weighted by atomic mass is 10.0. The van der Waals surface area contributed by atoms with Gasteiger partial charge in [0.2, 0.25) is 5.91 Å². The highest BCUT2D eigenvalue weighted by atomic mass is 16.3. The molecule has 0 bridgehead atoms. The number of aliphatic hydroxyl groups is 3. The standard InChI is InChI=1S/C60H115NO4/c1-3-5-7-9-11-13-15-17-19-21-23-25-27-28-29-30-31-33-35-37-39-41-43-45-47-49-51-53-55-59(64)60(65)61-57(56-62)58(63)54-52-50-48-46-44-42-40-38-36-34-32-26-24-22-20-18-16-14-12-10-8-6-4-2/h28-29,44,46,52,54,57-59,62-64H,3-27,30-43,45,47-51,53,55-56H2,1-2H3,(H,61,65)/b29-28-,46-44+,54-52+. The zero-order valence-electron chi connectivity index (χ0n) is 43.9. The molecular formula is C60H115NO4. The molecule has 0 aliphatic carbocycles. The minimum Gasteiger partial charge on any atom is -0.394 e. The van der Waals surface area contributed by atoms with Gasteiger partial charge >= 0.3 is 0 Å². The second kappa shape index (κ2) is 55.2. The van der Waals surface area contributed by atoms with E-state index in [2.05, 4.69) is 43.5 Å². The van der Waals surface area contributed by atoms with Gasteiger partial charge in [0.05, 0.1) is 18.8 Å². The molecule has 0 rings (SSSR count). The Hall–Kier alpha value is -1.43. The van der Waals surface area contributed by atoms with Gasteiger partial charge in [-0.1, -0.05) is 294 Å². The quantitative estimate of drug-likeness (QED) is 0.0361. The van der Waals surface area contributed by atoms with Crippen molar-refractivity contribution >= 4 is 5.91 Å². The molecule has 0 heterocycles. The third-order valence-electron chi connectivity index (χ3n) is 13.7. The summed E-state index contributed by atoms with van der Waals surface area (Å²) in [7, 11) is 0. The number of hydrogen-bond acceptors (Lipinski definition) is 4. The van der Waals surface area contributed by atoms with E-state index >= 15 is 0 Å². The van der Waals surface area contributed by atoms with Gasteiger partial charge in [0, 0.05) is 0 Å². The number of unbranched alkanes of at least 4 members (excludes halogenated alkanes) is 42. The predicted molar refractivity (Wildman–Crippen MR) is 287 cm³/mol. The van der Waals surface area contributed by atoms with Crippen molar-refractivity contribution in [2.45, 2.75) is 334 Å². The first-order valence-corrected chi connectivity index (χ1v) is 29.3. The van der Waals surface area contributed by atoms with Gasteiger partial charge in [-0.2, -0.15) is 0 Å². The number of carbonyl (C=O) groups is 1. The number of allylic oxidation sites excluding steroid dienone is 5. The number of hydrogen-bond donors (Lipinski definition) is 4. The lowest BCUT2D eigenvalue weighted by Gasteiger charge is -2.21. The molecule has 3 atom stereocenters. The van der Waals surface area contributed by atoms with Crippen molar-refractivity contribution in [3.63, 3.8) is 0 Å². The van der Waals surface area contributed by atoms with E-state index in [9.17, 15) is 20.1 Å². The van der Waals surface area contributed by atoms with Crippen LogP contribution in [-0.2, 0) is 4.79 Å². The van der Waals surface area contributed by atoms with Crippen molar-refractivity contribution in [1.29, 1.82) is 0 Å². The molecule has 1 amide bonds. The largest absolute Gasteiger partial charge is 0.394 e. The van der Waals surface area contributed by atoms with Crippen molar-refractivity contribution in [2.24, 2.45) is 0 Å². The Labute approximate surface area is 406 Å². The summed E-state index contributed by atoms with van der Waals surface area (Å²) < 4.78 is 0. The van der Waals surface area contributed by atoms with Crippen molar-refractivity contribution in [3.05, 3.63) is 36.5 Å². The van der Waals surface area contributed by atoms with Gasteiger partial charge in [-0.15, -0.1) is 0 Å². The number of rotatable bonds is 54. The lowest BCUT2D eigenvalue weighted by Crippen LogP contribution is -2.48. The average molecular weight is 915 g/mol. The highest BCUT2D eigenvalue weighted by molar-refractivity contribution is 5.80. The molecule has 0 saturated carbocycles. The maximum absolute atomic E-state index is 12.6. The first-order valence-electron chi connectivity index (χ1n) is 29.3. The minimum atomic E-state index is -1.11. The van der Waals surface area contributed by atoms with Gasteiger partial charge in [0.1, 0.15) is 6.10 Å². The molecule has 0 saturated heterocycles. The SMILES string of the molecule is CCCCCCCCCCCCCC/C=C\CCCCCCCCCCCCCCC(O)C(=O)NC(CO)C(O)/C=C/CC/C=C/CCCCCCCCCCCCCCCCCCC. The molecule has 0 aromatic rings. The Morgan fingerprint density at radius 1 is 0.369 bits per heavy atom. The summed E-state index contributed by atoms with van der Waals surface area (Å²) in [6.07, 6.45) is 72.3. The van der Waals surface area contributed by atoms with Crippen molar-refractivity contribution in [1.82, 2.24) is 5.32 Å². The van der Waals surface area contributed by atoms with E-state index in [1.807, 2.05) is 6.08 Å². The second-order valence-electron chi connectivity index (χ2n) is 20.2. The van der Waals surface area contributed by atoms with Crippen LogP contribution in [0.15, 0.2) is 36.5 Å². The Morgan fingerprint density at radius 2 is 0.631 bits per heavy atom. The van der Waals surface area contributed by atoms with Crippen molar-refractivity contribution < 1.29 is 20.1 Å². The van der Waals surface area contributed by atoms with Gasteiger partial charge in [0.25, 0.3) is 0 Å². The molecule has 65 heavy (non-hydrogen) atoms. The molecule has 0 aromatic carbocycles. The Balaban J connectivity index is 3.58. The minimum absolute atomic E-state index is 0.375. The van der Waals surface area contributed by atoms with E-state index < -0.39 is 24.2 Å². The van der Waals surface area contributed by atoms with Crippen LogP contribution in [-0.4, -0.2) is 46.1 Å². The zero-order valence-corrected chi connectivity index (χ0v) is 43.9. The smallest absolute Gasteiger partial charge is 0.249 e. The van der Waals surface area contributed by atoms with E-state index in [-0.39, 0.29) is 6.61 Å².